The number of phenolic OH excluding ortho intramolecular Hbond substituents is 1. The summed E-state index contributed by atoms with van der Waals surface area (Å²) in [5.41, 5.74) is -0.446. The lowest BCUT2D eigenvalue weighted by molar-refractivity contribution is -0.385. The third-order valence-electron chi connectivity index (χ3n) is 5.19. The largest absolute Gasteiger partial charge is 0.505 e. The number of fused-ring (bicyclic) bond motifs is 1. The highest BCUT2D eigenvalue weighted by Crippen LogP contribution is 2.41. The van der Waals surface area contributed by atoms with E-state index in [1.807, 2.05) is 0 Å². The van der Waals surface area contributed by atoms with Crippen molar-refractivity contribution in [1.29, 1.82) is 0 Å². The number of anilines is 1. The highest BCUT2D eigenvalue weighted by molar-refractivity contribution is 6.11. The van der Waals surface area contributed by atoms with Gasteiger partial charge in [0.15, 0.2) is 5.75 Å². The van der Waals surface area contributed by atoms with Gasteiger partial charge in [-0.2, -0.15) is 0 Å². The number of methoxy groups -OCH3 is 1. The maximum absolute atomic E-state index is 13.0. The highest BCUT2D eigenvalue weighted by Gasteiger charge is 2.20. The molecule has 0 heterocycles. The fraction of sp³-hybridized carbons (Fsp3) is 0.0417. The van der Waals surface area contributed by atoms with Gasteiger partial charge in [-0.15, -0.1) is 10.2 Å². The minimum atomic E-state index is -0.733. The van der Waals surface area contributed by atoms with Crippen LogP contribution in [0.5, 0.6) is 11.5 Å². The molecule has 12 heteroatoms. The number of benzene rings is 4. The monoisotopic (exact) mass is 487 g/mol. The second kappa shape index (κ2) is 9.85. The summed E-state index contributed by atoms with van der Waals surface area (Å²) in [6.45, 7) is 0. The molecular formula is C24H17N5O7. The van der Waals surface area contributed by atoms with Crippen LogP contribution in [0.4, 0.5) is 28.4 Å². The molecule has 180 valence electrons. The Morgan fingerprint density at radius 3 is 2.36 bits per heavy atom. The molecule has 0 saturated carbocycles. The van der Waals surface area contributed by atoms with Crippen LogP contribution in [0.3, 0.4) is 0 Å². The number of amides is 1. The van der Waals surface area contributed by atoms with Crippen LogP contribution in [0, 0.1) is 20.2 Å². The third kappa shape index (κ3) is 4.77. The molecule has 4 rings (SSSR count). The fourth-order valence-corrected chi connectivity index (χ4v) is 3.46. The summed E-state index contributed by atoms with van der Waals surface area (Å²) in [7, 11) is 1.37. The molecule has 12 nitrogen and oxygen atoms in total. The zero-order chi connectivity index (χ0) is 25.8. The van der Waals surface area contributed by atoms with E-state index in [-0.39, 0.29) is 39.7 Å². The van der Waals surface area contributed by atoms with E-state index in [0.717, 1.165) is 0 Å². The molecule has 4 aromatic carbocycles. The molecule has 0 aliphatic rings. The maximum atomic E-state index is 13.0. The van der Waals surface area contributed by atoms with Crippen LogP contribution in [-0.4, -0.2) is 28.0 Å². The van der Waals surface area contributed by atoms with Gasteiger partial charge < -0.3 is 15.2 Å². The molecule has 2 N–H and O–H groups in total. The zero-order valence-corrected chi connectivity index (χ0v) is 18.6. The number of carbonyl (C=O) groups is 1. The molecule has 0 atom stereocenters. The van der Waals surface area contributed by atoms with E-state index in [1.54, 1.807) is 24.3 Å². The van der Waals surface area contributed by atoms with Crippen molar-refractivity contribution in [3.8, 4) is 11.5 Å². The molecule has 0 aromatic heterocycles. The summed E-state index contributed by atoms with van der Waals surface area (Å²) in [5, 5.41) is 44.8. The second-order valence-electron chi connectivity index (χ2n) is 7.42. The number of nitro benzene ring substituents is 2. The minimum absolute atomic E-state index is 0.0432. The molecule has 0 radical (unpaired) electrons. The predicted octanol–water partition coefficient (Wildman–Crippen LogP) is 6.04. The Balaban J connectivity index is 1.78. The number of nitrogens with zero attached hydrogens (tertiary/aromatic N) is 4. The van der Waals surface area contributed by atoms with Crippen LogP contribution in [0.25, 0.3) is 10.8 Å². The normalized spacial score (nSPS) is 10.9. The van der Waals surface area contributed by atoms with Gasteiger partial charge in [-0.1, -0.05) is 30.3 Å². The number of rotatable bonds is 7. The molecule has 0 unspecified atom stereocenters. The Bertz CT molecular complexity index is 1550. The topological polar surface area (TPSA) is 170 Å². The Labute approximate surface area is 202 Å². The van der Waals surface area contributed by atoms with Gasteiger partial charge in [-0.3, -0.25) is 25.0 Å². The van der Waals surface area contributed by atoms with E-state index in [0.29, 0.717) is 10.8 Å². The quantitative estimate of drug-likeness (QED) is 0.182. The summed E-state index contributed by atoms with van der Waals surface area (Å²) in [5.74, 6) is -1.01. The number of nitro groups is 2. The summed E-state index contributed by atoms with van der Waals surface area (Å²) >= 11 is 0. The zero-order valence-electron chi connectivity index (χ0n) is 18.6. The summed E-state index contributed by atoms with van der Waals surface area (Å²) in [6, 6.07) is 17.4. The lowest BCUT2D eigenvalue weighted by atomic mass is 10.0. The number of nitrogens with one attached hydrogen (secondary N) is 1. The number of hydrogen-bond donors (Lipinski definition) is 2. The molecule has 0 aliphatic heterocycles. The van der Waals surface area contributed by atoms with Crippen molar-refractivity contribution in [2.24, 2.45) is 10.2 Å². The van der Waals surface area contributed by atoms with Crippen LogP contribution in [0.2, 0.25) is 0 Å². The smallest absolute Gasteiger partial charge is 0.271 e. The molecule has 0 saturated heterocycles. The molecule has 36 heavy (non-hydrogen) atoms. The van der Waals surface area contributed by atoms with Gasteiger partial charge in [-0.05, 0) is 23.6 Å². The number of ether oxygens (including phenoxy) is 1. The van der Waals surface area contributed by atoms with Crippen molar-refractivity contribution >= 4 is 45.1 Å². The number of hydrogen-bond acceptors (Lipinski definition) is 9. The third-order valence-corrected chi connectivity index (χ3v) is 5.19. The number of non-ortho nitro benzene ring substituents is 2. The molecule has 4 aromatic rings. The predicted molar refractivity (Wildman–Crippen MR) is 130 cm³/mol. The van der Waals surface area contributed by atoms with Crippen molar-refractivity contribution in [3.05, 3.63) is 98.6 Å². The number of aromatic hydroxyl groups is 1. The van der Waals surface area contributed by atoms with Crippen LogP contribution in [0.1, 0.15) is 10.4 Å². The van der Waals surface area contributed by atoms with E-state index in [9.17, 15) is 30.1 Å². The first kappa shape index (κ1) is 23.8. The van der Waals surface area contributed by atoms with Crippen molar-refractivity contribution in [2.75, 3.05) is 12.4 Å². The molecule has 0 bridgehead atoms. The summed E-state index contributed by atoms with van der Waals surface area (Å²) < 4.78 is 5.19. The van der Waals surface area contributed by atoms with Crippen LogP contribution in [0.15, 0.2) is 83.0 Å². The lowest BCUT2D eigenvalue weighted by Gasteiger charge is -2.11. The van der Waals surface area contributed by atoms with Crippen LogP contribution >= 0.6 is 0 Å². The van der Waals surface area contributed by atoms with Gasteiger partial charge in [-0.25, -0.2) is 0 Å². The molecule has 0 fully saturated rings. The number of phenols is 1. The van der Waals surface area contributed by atoms with E-state index in [4.69, 9.17) is 4.74 Å². The van der Waals surface area contributed by atoms with Crippen molar-refractivity contribution in [2.45, 2.75) is 0 Å². The first-order valence-electron chi connectivity index (χ1n) is 10.3. The molecule has 0 aliphatic carbocycles. The second-order valence-corrected chi connectivity index (χ2v) is 7.42. The first-order chi connectivity index (χ1) is 17.3. The Hall–Kier alpha value is -5.39. The van der Waals surface area contributed by atoms with Crippen molar-refractivity contribution in [1.82, 2.24) is 0 Å². The van der Waals surface area contributed by atoms with E-state index in [2.05, 4.69) is 15.5 Å². The van der Waals surface area contributed by atoms with Crippen molar-refractivity contribution in [3.63, 3.8) is 0 Å². The summed E-state index contributed by atoms with van der Waals surface area (Å²) in [4.78, 5) is 34.0. The van der Waals surface area contributed by atoms with Gasteiger partial charge in [0.05, 0.1) is 22.5 Å². The SMILES string of the molecule is COc1ccc([N+](=O)[O-])cc1N=Nc1c(O)c(C(=O)Nc2cccc([N+](=O)[O-])c2)cc2ccccc12. The molecule has 0 spiro atoms. The van der Waals surface area contributed by atoms with E-state index in [1.165, 1.54) is 55.6 Å². The first-order valence-corrected chi connectivity index (χ1v) is 10.3. The average molecular weight is 487 g/mol. The van der Waals surface area contributed by atoms with Crippen molar-refractivity contribution < 1.29 is 24.5 Å². The van der Waals surface area contributed by atoms with Gasteiger partial charge in [0.25, 0.3) is 17.3 Å². The highest BCUT2D eigenvalue weighted by atomic mass is 16.6. The van der Waals surface area contributed by atoms with Crippen LogP contribution < -0.4 is 10.1 Å². The summed E-state index contributed by atoms with van der Waals surface area (Å²) in [6.07, 6.45) is 0. The maximum Gasteiger partial charge on any atom is 0.271 e. The lowest BCUT2D eigenvalue weighted by Crippen LogP contribution is -2.12. The Morgan fingerprint density at radius 2 is 1.64 bits per heavy atom. The molecule has 1 amide bonds. The Kier molecular flexibility index (Phi) is 6.50. The Morgan fingerprint density at radius 1 is 0.917 bits per heavy atom. The number of carbonyl (C=O) groups excluding carboxylic acids is 1. The fourth-order valence-electron chi connectivity index (χ4n) is 3.46. The minimum Gasteiger partial charge on any atom is -0.505 e. The van der Waals surface area contributed by atoms with E-state index < -0.39 is 21.5 Å². The molecular weight excluding hydrogens is 470 g/mol. The van der Waals surface area contributed by atoms with Gasteiger partial charge >= 0.3 is 0 Å². The van der Waals surface area contributed by atoms with Gasteiger partial charge in [0.2, 0.25) is 0 Å². The van der Waals surface area contributed by atoms with E-state index >= 15 is 0 Å². The van der Waals surface area contributed by atoms with Crippen LogP contribution in [-0.2, 0) is 0 Å². The number of azo groups is 1. The average Bonchev–Trinajstić information content (AvgIpc) is 2.87. The van der Waals surface area contributed by atoms with Gasteiger partial charge in [0.1, 0.15) is 17.1 Å². The van der Waals surface area contributed by atoms with Gasteiger partial charge in [0, 0.05) is 35.3 Å². The standard InChI is InChI=1S/C24H17N5O7/c1-36-21-10-9-17(29(34)35)13-20(21)26-27-22-18-8-3-2-5-14(18)11-19(23(22)30)24(31)25-15-6-4-7-16(12-15)28(32)33/h2-13,30H,1H3,(H,25,31).